The zero-order chi connectivity index (χ0) is 27.4. The van der Waals surface area contributed by atoms with E-state index in [0.29, 0.717) is 34.9 Å². The van der Waals surface area contributed by atoms with E-state index in [9.17, 15) is 4.79 Å². The van der Waals surface area contributed by atoms with Gasteiger partial charge in [0.1, 0.15) is 5.82 Å². The number of benzene rings is 2. The highest BCUT2D eigenvalue weighted by Gasteiger charge is 2.18. The smallest absolute Gasteiger partial charge is 0.248 e. The Balaban J connectivity index is 1.42. The normalized spacial score (nSPS) is 14.4. The molecule has 0 aliphatic carbocycles. The molecule has 0 bridgehead atoms. The van der Waals surface area contributed by atoms with Crippen LogP contribution in [0.3, 0.4) is 0 Å². The number of fused-ring (bicyclic) bond motifs is 1. The molecule has 0 saturated carbocycles. The van der Waals surface area contributed by atoms with E-state index in [1.54, 1.807) is 18.3 Å². The van der Waals surface area contributed by atoms with Gasteiger partial charge in [-0.25, -0.2) is 12.5 Å². The Morgan fingerprint density at radius 2 is 1.95 bits per heavy atom. The molecule has 3 N–H and O–H groups in total. The van der Waals surface area contributed by atoms with Crippen molar-refractivity contribution in [2.45, 2.75) is 0 Å². The van der Waals surface area contributed by atoms with Crippen molar-refractivity contribution in [3.8, 4) is 11.3 Å². The fourth-order valence-corrected chi connectivity index (χ4v) is 4.72. The van der Waals surface area contributed by atoms with Crippen LogP contribution in [0, 0.1) is 5.82 Å². The van der Waals surface area contributed by atoms with Gasteiger partial charge in [0, 0.05) is 84.3 Å². The lowest BCUT2D eigenvalue weighted by molar-refractivity contribution is -0.111. The van der Waals surface area contributed by atoms with E-state index < -0.39 is 5.82 Å². The molecular formula is C27H29FIN9O. The number of hydrogen-bond acceptors (Lipinski definition) is 8. The van der Waals surface area contributed by atoms with Gasteiger partial charge in [-0.15, -0.1) is 0 Å². The number of hydrogen-bond donors (Lipinski definition) is 3. The van der Waals surface area contributed by atoms with Crippen molar-refractivity contribution in [3.63, 3.8) is 0 Å². The monoisotopic (exact) mass is 641 g/mol. The van der Waals surface area contributed by atoms with Gasteiger partial charge >= 0.3 is 0 Å². The van der Waals surface area contributed by atoms with Crippen molar-refractivity contribution < 1.29 is 9.18 Å². The van der Waals surface area contributed by atoms with Gasteiger partial charge in [0.25, 0.3) is 0 Å². The summed E-state index contributed by atoms with van der Waals surface area (Å²) in [5.74, 6) is -0.469. The van der Waals surface area contributed by atoms with Gasteiger partial charge in [0.05, 0.1) is 17.3 Å². The second kappa shape index (κ2) is 12.1. The number of nitrogens with zero attached hydrogens (tertiary/aromatic N) is 6. The summed E-state index contributed by atoms with van der Waals surface area (Å²) in [6.07, 6.45) is 4.78. The molecule has 0 radical (unpaired) electrons. The predicted molar refractivity (Wildman–Crippen MR) is 161 cm³/mol. The van der Waals surface area contributed by atoms with Crippen LogP contribution in [0.5, 0.6) is 0 Å². The Hall–Kier alpha value is -3.62. The predicted octanol–water partition coefficient (Wildman–Crippen LogP) is 4.43. The number of amides is 1. The molecule has 10 nitrogen and oxygen atoms in total. The van der Waals surface area contributed by atoms with Crippen LogP contribution < -0.4 is 15.5 Å². The zero-order valence-electron chi connectivity index (χ0n) is 21.7. The molecule has 1 amide bonds. The molecule has 12 heteroatoms. The quantitative estimate of drug-likeness (QED) is 0.148. The number of rotatable bonds is 8. The van der Waals surface area contributed by atoms with Gasteiger partial charge in [0.15, 0.2) is 5.65 Å². The fraction of sp³-hybridized carbons (Fsp3) is 0.259. The van der Waals surface area contributed by atoms with Gasteiger partial charge in [0.2, 0.25) is 11.9 Å². The molecule has 0 atom stereocenters. The highest BCUT2D eigenvalue weighted by Crippen LogP contribution is 2.31. The summed E-state index contributed by atoms with van der Waals surface area (Å²) in [6.45, 7) is 4.53. The molecule has 2 aromatic heterocycles. The van der Waals surface area contributed by atoms with Crippen LogP contribution in [-0.4, -0.2) is 80.9 Å². The SMILES string of the molecule is CN(C)C/C=C/C(=O)Nc1ccc(F)c(-c2nc(Nc3cccc(N4CCN(I)CC4)c3)nc3[nH]ncc23)c1. The van der Waals surface area contributed by atoms with Crippen LogP contribution in [0.2, 0.25) is 0 Å². The molecule has 1 saturated heterocycles. The lowest BCUT2D eigenvalue weighted by atomic mass is 10.1. The summed E-state index contributed by atoms with van der Waals surface area (Å²) in [5.41, 5.74) is 3.45. The van der Waals surface area contributed by atoms with Crippen LogP contribution >= 0.6 is 22.9 Å². The minimum atomic E-state index is -0.472. The molecule has 1 aliphatic heterocycles. The topological polar surface area (TPSA) is 105 Å². The Kier molecular flexibility index (Phi) is 8.33. The highest BCUT2D eigenvalue weighted by molar-refractivity contribution is 14.1. The van der Waals surface area contributed by atoms with E-state index >= 15 is 4.39 Å². The molecule has 0 unspecified atom stereocenters. The summed E-state index contributed by atoms with van der Waals surface area (Å²) in [7, 11) is 3.83. The number of carbonyl (C=O) groups is 1. The first-order chi connectivity index (χ1) is 18.9. The van der Waals surface area contributed by atoms with Gasteiger partial charge in [-0.2, -0.15) is 10.1 Å². The summed E-state index contributed by atoms with van der Waals surface area (Å²) in [4.78, 5) is 25.8. The summed E-state index contributed by atoms with van der Waals surface area (Å²) in [5, 5.41) is 13.6. The van der Waals surface area contributed by atoms with E-state index in [1.807, 2.05) is 31.1 Å². The molecule has 39 heavy (non-hydrogen) atoms. The minimum absolute atomic E-state index is 0.229. The number of aromatic nitrogens is 4. The number of aromatic amines is 1. The van der Waals surface area contributed by atoms with Gasteiger partial charge in [-0.1, -0.05) is 12.1 Å². The van der Waals surface area contributed by atoms with Crippen molar-refractivity contribution in [1.29, 1.82) is 0 Å². The molecule has 4 aromatic rings. The average Bonchev–Trinajstić information content (AvgIpc) is 3.38. The largest absolute Gasteiger partial charge is 0.369 e. The highest BCUT2D eigenvalue weighted by atomic mass is 127. The number of anilines is 4. The Labute approximate surface area is 239 Å². The zero-order valence-corrected chi connectivity index (χ0v) is 23.8. The second-order valence-electron chi connectivity index (χ2n) is 9.45. The third kappa shape index (κ3) is 6.69. The first kappa shape index (κ1) is 27.0. The van der Waals surface area contributed by atoms with E-state index in [-0.39, 0.29) is 11.5 Å². The van der Waals surface area contributed by atoms with Crippen LogP contribution in [0.25, 0.3) is 22.3 Å². The molecule has 1 aliphatic rings. The third-order valence-electron chi connectivity index (χ3n) is 6.23. The summed E-state index contributed by atoms with van der Waals surface area (Å²) in [6, 6.07) is 12.5. The Morgan fingerprint density at radius 1 is 1.13 bits per heavy atom. The van der Waals surface area contributed by atoms with Crippen molar-refractivity contribution in [2.24, 2.45) is 0 Å². The summed E-state index contributed by atoms with van der Waals surface area (Å²) >= 11 is 2.36. The molecule has 5 rings (SSSR count). The van der Waals surface area contributed by atoms with E-state index in [4.69, 9.17) is 0 Å². The van der Waals surface area contributed by atoms with Crippen LogP contribution in [-0.2, 0) is 4.79 Å². The molecule has 1 fully saturated rings. The number of nitrogens with one attached hydrogen (secondary N) is 3. The van der Waals surface area contributed by atoms with Gasteiger partial charge < -0.3 is 20.4 Å². The summed E-state index contributed by atoms with van der Waals surface area (Å²) < 4.78 is 17.4. The third-order valence-corrected chi connectivity index (χ3v) is 7.20. The van der Waals surface area contributed by atoms with Crippen LogP contribution in [0.1, 0.15) is 0 Å². The van der Waals surface area contributed by atoms with Crippen molar-refractivity contribution in [2.75, 3.05) is 62.4 Å². The first-order valence-electron chi connectivity index (χ1n) is 12.5. The maximum atomic E-state index is 15.1. The maximum absolute atomic E-state index is 15.1. The minimum Gasteiger partial charge on any atom is -0.369 e. The number of H-pyrrole nitrogens is 1. The van der Waals surface area contributed by atoms with E-state index in [1.165, 1.54) is 18.2 Å². The first-order valence-corrected chi connectivity index (χ1v) is 13.5. The van der Waals surface area contributed by atoms with E-state index in [0.717, 1.165) is 37.6 Å². The van der Waals surface area contributed by atoms with Crippen LogP contribution in [0.15, 0.2) is 60.8 Å². The number of halogens is 2. The molecule has 202 valence electrons. The second-order valence-corrected chi connectivity index (χ2v) is 10.8. The standard InChI is InChI=1S/C27H29FIN9O/c1-36(2)10-4-7-24(39)31-19-8-9-23(28)21(16-19)25-22-17-30-35-26(22)34-27(33-25)32-18-5-3-6-20(15-18)37-11-13-38(29)14-12-37/h3-9,15-17H,10-14H2,1-2H3,(H,31,39)(H2,30,32,33,34,35)/b7-4+. The fourth-order valence-electron chi connectivity index (χ4n) is 4.28. The lowest BCUT2D eigenvalue weighted by Crippen LogP contribution is -2.42. The van der Waals surface area contributed by atoms with Gasteiger partial charge in [-0.3, -0.25) is 9.89 Å². The molecule has 0 spiro atoms. The number of likely N-dealkylation sites (N-methyl/N-ethyl adjacent to an activating group) is 1. The number of carbonyl (C=O) groups excluding carboxylic acids is 1. The Morgan fingerprint density at radius 3 is 2.74 bits per heavy atom. The van der Waals surface area contributed by atoms with Crippen LogP contribution in [0.4, 0.5) is 27.4 Å². The van der Waals surface area contributed by atoms with Crippen molar-refractivity contribution in [1.82, 2.24) is 28.2 Å². The van der Waals surface area contributed by atoms with Crippen molar-refractivity contribution >= 4 is 62.8 Å². The van der Waals surface area contributed by atoms with E-state index in [2.05, 4.69) is 73.8 Å². The maximum Gasteiger partial charge on any atom is 0.248 e. The Bertz CT molecular complexity index is 1500. The molecule has 3 heterocycles. The van der Waals surface area contributed by atoms with Gasteiger partial charge in [-0.05, 0) is 50.5 Å². The molecule has 2 aromatic carbocycles. The average molecular weight is 641 g/mol. The van der Waals surface area contributed by atoms with Crippen molar-refractivity contribution in [3.05, 3.63) is 66.6 Å². The lowest BCUT2D eigenvalue weighted by Gasteiger charge is -2.33. The molecular weight excluding hydrogens is 612 g/mol. The number of piperazine rings is 1.